The number of hydrogen-bond acceptors (Lipinski definition) is 4. The summed E-state index contributed by atoms with van der Waals surface area (Å²) in [5.41, 5.74) is 1.51. The lowest BCUT2D eigenvalue weighted by Gasteiger charge is -2.42. The number of nitrogens with zero attached hydrogens (tertiary/aromatic N) is 2. The number of imidazole rings is 1. The van der Waals surface area contributed by atoms with Gasteiger partial charge in [-0.15, -0.1) is 0 Å². The Kier molecular flexibility index (Phi) is 7.04. The van der Waals surface area contributed by atoms with Gasteiger partial charge in [-0.3, -0.25) is 14.0 Å². The average molecular weight is 429 g/mol. The topological polar surface area (TPSA) is 95.7 Å². The van der Waals surface area contributed by atoms with E-state index in [4.69, 9.17) is 0 Å². The summed E-state index contributed by atoms with van der Waals surface area (Å²) in [5, 5.41) is 15.4. The fourth-order valence-electron chi connectivity index (χ4n) is 4.50. The van der Waals surface area contributed by atoms with Crippen molar-refractivity contribution >= 4 is 17.5 Å². The molecule has 0 saturated heterocycles. The minimum atomic E-state index is -0.360. The van der Waals surface area contributed by atoms with Crippen LogP contribution >= 0.6 is 0 Å². The number of carbonyl (C=O) groups excluding carboxylic acids is 2. The van der Waals surface area contributed by atoms with Gasteiger partial charge in [0.25, 0.3) is 11.8 Å². The zero-order valence-corrected chi connectivity index (χ0v) is 19.3. The molecule has 7 nitrogen and oxygen atoms in total. The quantitative estimate of drug-likeness (QED) is 0.631. The smallest absolute Gasteiger partial charge is 0.271 e. The maximum Gasteiger partial charge on any atom is 0.271 e. The molecule has 3 atom stereocenters. The standard InChI is InChI=1S/C24H36N4O3/c1-15(2)19(14-29)27-22(30)18-13-28-20(9-6-10-21(28)26-18)23(31)25-12-17-8-7-11-24(4,5)16(17)3/h6,9-10,13,15-17,19,29H,7-8,11-12,14H2,1-5H3,(H,25,31)(H,27,30). The molecule has 3 N–H and O–H groups in total. The highest BCUT2D eigenvalue weighted by molar-refractivity contribution is 5.95. The molecule has 2 amide bonds. The Bertz CT molecular complexity index is 934. The zero-order valence-electron chi connectivity index (χ0n) is 19.3. The molecule has 0 bridgehead atoms. The molecular weight excluding hydrogens is 392 g/mol. The third kappa shape index (κ3) is 5.09. The number of aromatic nitrogens is 2. The number of hydrogen-bond donors (Lipinski definition) is 3. The number of aliphatic hydroxyl groups excluding tert-OH is 1. The molecule has 170 valence electrons. The van der Waals surface area contributed by atoms with Crippen molar-refractivity contribution in [3.8, 4) is 0 Å². The molecule has 2 aromatic heterocycles. The van der Waals surface area contributed by atoms with E-state index >= 15 is 0 Å². The summed E-state index contributed by atoms with van der Waals surface area (Å²) in [4.78, 5) is 29.9. The molecule has 3 unspecified atom stereocenters. The predicted molar refractivity (Wildman–Crippen MR) is 121 cm³/mol. The van der Waals surface area contributed by atoms with Crippen molar-refractivity contribution in [1.82, 2.24) is 20.0 Å². The number of nitrogens with one attached hydrogen (secondary N) is 2. The summed E-state index contributed by atoms with van der Waals surface area (Å²) in [5.74, 6) is 0.574. The van der Waals surface area contributed by atoms with Crippen molar-refractivity contribution in [2.75, 3.05) is 13.2 Å². The minimum absolute atomic E-state index is 0.0967. The van der Waals surface area contributed by atoms with Crippen molar-refractivity contribution in [2.24, 2.45) is 23.2 Å². The van der Waals surface area contributed by atoms with Crippen LogP contribution in [0.3, 0.4) is 0 Å². The van der Waals surface area contributed by atoms with Gasteiger partial charge in [0.15, 0.2) is 0 Å². The van der Waals surface area contributed by atoms with E-state index < -0.39 is 0 Å². The molecule has 0 radical (unpaired) electrons. The first-order valence-electron chi connectivity index (χ1n) is 11.3. The number of pyridine rings is 1. The van der Waals surface area contributed by atoms with Crippen LogP contribution in [-0.2, 0) is 0 Å². The molecule has 1 fully saturated rings. The van der Waals surface area contributed by atoms with E-state index in [0.29, 0.717) is 35.1 Å². The SMILES string of the molecule is CC(C)C(CO)NC(=O)c1cn2c(C(=O)NCC3CCCC(C)(C)C3C)cccc2n1. The Morgan fingerprint density at radius 1 is 1.29 bits per heavy atom. The molecule has 0 aromatic carbocycles. The van der Waals surface area contributed by atoms with Gasteiger partial charge in [0.05, 0.1) is 12.6 Å². The van der Waals surface area contributed by atoms with Gasteiger partial charge < -0.3 is 15.7 Å². The second-order valence-electron chi connectivity index (χ2n) is 9.91. The van der Waals surface area contributed by atoms with Crippen LogP contribution in [0.1, 0.15) is 74.9 Å². The molecule has 1 aliphatic carbocycles. The molecule has 2 heterocycles. The molecule has 1 saturated carbocycles. The van der Waals surface area contributed by atoms with E-state index in [9.17, 15) is 14.7 Å². The maximum absolute atomic E-state index is 13.0. The Morgan fingerprint density at radius 2 is 2.03 bits per heavy atom. The van der Waals surface area contributed by atoms with Crippen LogP contribution in [0, 0.1) is 23.2 Å². The predicted octanol–water partition coefficient (Wildman–Crippen LogP) is 3.27. The highest BCUT2D eigenvalue weighted by atomic mass is 16.3. The van der Waals surface area contributed by atoms with Crippen molar-refractivity contribution in [2.45, 2.75) is 59.9 Å². The lowest BCUT2D eigenvalue weighted by atomic mass is 9.64. The van der Waals surface area contributed by atoms with Gasteiger partial charge in [0.1, 0.15) is 17.0 Å². The van der Waals surface area contributed by atoms with E-state index in [0.717, 1.165) is 6.42 Å². The zero-order chi connectivity index (χ0) is 22.8. The van der Waals surface area contributed by atoms with Crippen LogP contribution in [0.15, 0.2) is 24.4 Å². The third-order valence-corrected chi connectivity index (χ3v) is 7.14. The summed E-state index contributed by atoms with van der Waals surface area (Å²) >= 11 is 0. The number of aliphatic hydroxyl groups is 1. The third-order valence-electron chi connectivity index (χ3n) is 7.14. The summed E-state index contributed by atoms with van der Waals surface area (Å²) in [6.07, 6.45) is 5.14. The second kappa shape index (κ2) is 9.39. The second-order valence-corrected chi connectivity index (χ2v) is 9.91. The monoisotopic (exact) mass is 428 g/mol. The number of rotatable bonds is 7. The number of amides is 2. The first-order chi connectivity index (χ1) is 14.6. The first-order valence-corrected chi connectivity index (χ1v) is 11.3. The Balaban J connectivity index is 1.74. The van der Waals surface area contributed by atoms with Crippen LogP contribution in [0.5, 0.6) is 0 Å². The highest BCUT2D eigenvalue weighted by Crippen LogP contribution is 2.43. The summed E-state index contributed by atoms with van der Waals surface area (Å²) in [7, 11) is 0. The molecular formula is C24H36N4O3. The molecule has 0 spiro atoms. The summed E-state index contributed by atoms with van der Waals surface area (Å²) in [6, 6.07) is 4.94. The lowest BCUT2D eigenvalue weighted by Crippen LogP contribution is -2.41. The van der Waals surface area contributed by atoms with Gasteiger partial charge in [0, 0.05) is 12.7 Å². The molecule has 1 aliphatic rings. The van der Waals surface area contributed by atoms with Crippen LogP contribution < -0.4 is 10.6 Å². The van der Waals surface area contributed by atoms with Gasteiger partial charge in [-0.1, -0.05) is 47.1 Å². The van der Waals surface area contributed by atoms with E-state index in [1.165, 1.54) is 12.8 Å². The van der Waals surface area contributed by atoms with E-state index in [-0.39, 0.29) is 36.1 Å². The van der Waals surface area contributed by atoms with Gasteiger partial charge in [0.2, 0.25) is 0 Å². The van der Waals surface area contributed by atoms with Crippen LogP contribution in [0.2, 0.25) is 0 Å². The maximum atomic E-state index is 13.0. The van der Waals surface area contributed by atoms with Gasteiger partial charge in [-0.05, 0) is 48.1 Å². The van der Waals surface area contributed by atoms with Gasteiger partial charge in [-0.25, -0.2) is 4.98 Å². The normalized spacial score (nSPS) is 21.8. The molecule has 31 heavy (non-hydrogen) atoms. The van der Waals surface area contributed by atoms with E-state index in [2.05, 4.69) is 36.4 Å². The van der Waals surface area contributed by atoms with E-state index in [1.807, 2.05) is 13.8 Å². The minimum Gasteiger partial charge on any atom is -0.394 e. The van der Waals surface area contributed by atoms with Crippen molar-refractivity contribution in [1.29, 1.82) is 0 Å². The van der Waals surface area contributed by atoms with Crippen molar-refractivity contribution < 1.29 is 14.7 Å². The Labute approximate surface area is 184 Å². The lowest BCUT2D eigenvalue weighted by molar-refractivity contribution is 0.0785. The van der Waals surface area contributed by atoms with Crippen LogP contribution in [-0.4, -0.2) is 45.5 Å². The van der Waals surface area contributed by atoms with Crippen molar-refractivity contribution in [3.63, 3.8) is 0 Å². The van der Waals surface area contributed by atoms with Crippen LogP contribution in [0.4, 0.5) is 0 Å². The molecule has 7 heteroatoms. The summed E-state index contributed by atoms with van der Waals surface area (Å²) < 4.78 is 1.65. The largest absolute Gasteiger partial charge is 0.394 e. The average Bonchev–Trinajstić information content (AvgIpc) is 3.17. The highest BCUT2D eigenvalue weighted by Gasteiger charge is 2.35. The Morgan fingerprint density at radius 3 is 2.71 bits per heavy atom. The van der Waals surface area contributed by atoms with Gasteiger partial charge >= 0.3 is 0 Å². The fraction of sp³-hybridized carbons (Fsp3) is 0.625. The van der Waals surface area contributed by atoms with Crippen LogP contribution in [0.25, 0.3) is 5.65 Å². The number of fused-ring (bicyclic) bond motifs is 1. The molecule has 0 aliphatic heterocycles. The summed E-state index contributed by atoms with van der Waals surface area (Å²) in [6.45, 7) is 11.3. The van der Waals surface area contributed by atoms with Gasteiger partial charge in [-0.2, -0.15) is 0 Å². The fourth-order valence-corrected chi connectivity index (χ4v) is 4.50. The molecule has 2 aromatic rings. The van der Waals surface area contributed by atoms with E-state index in [1.54, 1.807) is 28.8 Å². The first kappa shape index (κ1) is 23.3. The Hall–Kier alpha value is -2.41. The molecule has 3 rings (SSSR count). The van der Waals surface area contributed by atoms with Crippen molar-refractivity contribution in [3.05, 3.63) is 35.8 Å². The number of carbonyl (C=O) groups is 2.